The van der Waals surface area contributed by atoms with Gasteiger partial charge in [0.1, 0.15) is 0 Å². The fourth-order valence-corrected chi connectivity index (χ4v) is 1.17. The van der Waals surface area contributed by atoms with Crippen LogP contribution in [-0.2, 0) is 4.79 Å². The number of carbonyl (C=O) groups excluding carboxylic acids is 2. The van der Waals surface area contributed by atoms with Gasteiger partial charge < -0.3 is 9.32 Å². The molecule has 0 atom stereocenters. The number of allylic oxidation sites excluding steroid dienone is 1. The summed E-state index contributed by atoms with van der Waals surface area (Å²) in [5, 5.41) is 0. The SMILES string of the molecule is CN(C)/C=C(\C(=O)c1ccco1)C(=O)C(F)(F)F. The summed E-state index contributed by atoms with van der Waals surface area (Å²) in [5.41, 5.74) is -0.984. The Morgan fingerprint density at radius 1 is 1.33 bits per heavy atom. The molecular formula is C11H10F3NO3. The Morgan fingerprint density at radius 3 is 2.33 bits per heavy atom. The van der Waals surface area contributed by atoms with E-state index in [4.69, 9.17) is 4.42 Å². The van der Waals surface area contributed by atoms with Crippen LogP contribution < -0.4 is 0 Å². The van der Waals surface area contributed by atoms with Crippen molar-refractivity contribution < 1.29 is 27.2 Å². The number of alkyl halides is 3. The van der Waals surface area contributed by atoms with Gasteiger partial charge in [0.15, 0.2) is 5.76 Å². The molecule has 7 heteroatoms. The zero-order valence-corrected chi connectivity index (χ0v) is 9.62. The lowest BCUT2D eigenvalue weighted by molar-refractivity contribution is -0.166. The van der Waals surface area contributed by atoms with Gasteiger partial charge in [0, 0.05) is 20.3 Å². The number of carbonyl (C=O) groups is 2. The Labute approximate surface area is 101 Å². The van der Waals surface area contributed by atoms with Crippen LogP contribution in [0.2, 0.25) is 0 Å². The molecular weight excluding hydrogens is 251 g/mol. The number of furan rings is 1. The molecule has 1 rings (SSSR count). The van der Waals surface area contributed by atoms with Crippen molar-refractivity contribution in [2.24, 2.45) is 0 Å². The molecule has 1 aromatic rings. The predicted octanol–water partition coefficient (Wildman–Crippen LogP) is 2.04. The average Bonchev–Trinajstić information content (AvgIpc) is 2.75. The van der Waals surface area contributed by atoms with Gasteiger partial charge in [-0.2, -0.15) is 13.2 Å². The average molecular weight is 261 g/mol. The van der Waals surface area contributed by atoms with E-state index in [0.29, 0.717) is 0 Å². The molecule has 0 N–H and O–H groups in total. The van der Waals surface area contributed by atoms with E-state index in [0.717, 1.165) is 12.5 Å². The minimum atomic E-state index is -5.11. The molecule has 0 saturated heterocycles. The van der Waals surface area contributed by atoms with Gasteiger partial charge in [-0.25, -0.2) is 0 Å². The second kappa shape index (κ2) is 5.07. The summed E-state index contributed by atoms with van der Waals surface area (Å²) in [7, 11) is 2.80. The largest absolute Gasteiger partial charge is 0.461 e. The van der Waals surface area contributed by atoms with Crippen molar-refractivity contribution in [2.45, 2.75) is 6.18 Å². The third kappa shape index (κ3) is 3.22. The highest BCUT2D eigenvalue weighted by atomic mass is 19.4. The summed E-state index contributed by atoms with van der Waals surface area (Å²) in [4.78, 5) is 24.1. The molecule has 0 spiro atoms. The van der Waals surface area contributed by atoms with Crippen LogP contribution in [0.15, 0.2) is 34.6 Å². The number of halogens is 3. The first-order chi connectivity index (χ1) is 8.23. The van der Waals surface area contributed by atoms with Crippen molar-refractivity contribution in [3.63, 3.8) is 0 Å². The molecule has 0 radical (unpaired) electrons. The lowest BCUT2D eigenvalue weighted by atomic mass is 10.1. The number of hydrogen-bond donors (Lipinski definition) is 0. The molecule has 0 unspecified atom stereocenters. The Kier molecular flexibility index (Phi) is 3.95. The van der Waals surface area contributed by atoms with Gasteiger partial charge in [-0.15, -0.1) is 0 Å². The maximum atomic E-state index is 12.4. The quantitative estimate of drug-likeness (QED) is 0.360. The van der Waals surface area contributed by atoms with Crippen LogP contribution in [0.25, 0.3) is 0 Å². The molecule has 0 amide bonds. The summed E-state index contributed by atoms with van der Waals surface area (Å²) in [5.74, 6) is -3.62. The fourth-order valence-electron chi connectivity index (χ4n) is 1.17. The van der Waals surface area contributed by atoms with Crippen LogP contribution in [-0.4, -0.2) is 36.7 Å². The zero-order chi connectivity index (χ0) is 13.9. The number of nitrogens with zero attached hydrogens (tertiary/aromatic N) is 1. The maximum Gasteiger partial charge on any atom is 0.455 e. The van der Waals surface area contributed by atoms with E-state index >= 15 is 0 Å². The number of rotatable bonds is 4. The Balaban J connectivity index is 3.16. The molecule has 0 saturated carbocycles. The van der Waals surface area contributed by atoms with Crippen molar-refractivity contribution >= 4 is 11.6 Å². The third-order valence-corrected chi connectivity index (χ3v) is 1.88. The first-order valence-corrected chi connectivity index (χ1v) is 4.81. The van der Waals surface area contributed by atoms with Gasteiger partial charge in [-0.1, -0.05) is 0 Å². The Bertz CT molecular complexity index is 472. The molecule has 98 valence electrons. The molecule has 1 aromatic heterocycles. The standard InChI is InChI=1S/C11H10F3NO3/c1-15(2)6-7(10(17)11(12,13)14)9(16)8-4-3-5-18-8/h3-6H,1-2H3/b7-6+. The molecule has 0 aromatic carbocycles. The van der Waals surface area contributed by atoms with Crippen molar-refractivity contribution in [1.29, 1.82) is 0 Å². The van der Waals surface area contributed by atoms with Crippen LogP contribution in [0.3, 0.4) is 0 Å². The predicted molar refractivity (Wildman–Crippen MR) is 55.9 cm³/mol. The minimum Gasteiger partial charge on any atom is -0.461 e. The summed E-state index contributed by atoms with van der Waals surface area (Å²) in [6.07, 6.45) is -3.15. The van der Waals surface area contributed by atoms with E-state index in [1.807, 2.05) is 0 Å². The number of ketones is 2. The Morgan fingerprint density at radius 2 is 1.94 bits per heavy atom. The highest BCUT2D eigenvalue weighted by molar-refractivity contribution is 6.26. The van der Waals surface area contributed by atoms with Crippen molar-refractivity contribution in [1.82, 2.24) is 4.90 Å². The van der Waals surface area contributed by atoms with Crippen molar-refractivity contribution in [3.8, 4) is 0 Å². The van der Waals surface area contributed by atoms with E-state index in [-0.39, 0.29) is 5.76 Å². The lowest BCUT2D eigenvalue weighted by Gasteiger charge is -2.11. The van der Waals surface area contributed by atoms with E-state index in [2.05, 4.69) is 0 Å². The van der Waals surface area contributed by atoms with Crippen LogP contribution >= 0.6 is 0 Å². The van der Waals surface area contributed by atoms with E-state index in [1.54, 1.807) is 0 Å². The highest BCUT2D eigenvalue weighted by Crippen LogP contribution is 2.23. The van der Waals surface area contributed by atoms with Crippen molar-refractivity contribution in [2.75, 3.05) is 14.1 Å². The van der Waals surface area contributed by atoms with Gasteiger partial charge >= 0.3 is 6.18 Å². The lowest BCUT2D eigenvalue weighted by Crippen LogP contribution is -2.29. The highest BCUT2D eigenvalue weighted by Gasteiger charge is 2.43. The van der Waals surface area contributed by atoms with Crippen molar-refractivity contribution in [3.05, 3.63) is 35.9 Å². The van der Waals surface area contributed by atoms with Crippen LogP contribution in [0.1, 0.15) is 10.6 Å². The molecule has 0 fully saturated rings. The molecule has 0 aliphatic rings. The van der Waals surface area contributed by atoms with Gasteiger partial charge in [-0.3, -0.25) is 9.59 Å². The second-order valence-electron chi connectivity index (χ2n) is 3.64. The summed E-state index contributed by atoms with van der Waals surface area (Å²) >= 11 is 0. The first-order valence-electron chi connectivity index (χ1n) is 4.81. The summed E-state index contributed by atoms with van der Waals surface area (Å²) < 4.78 is 41.8. The second-order valence-corrected chi connectivity index (χ2v) is 3.64. The van der Waals surface area contributed by atoms with Crippen LogP contribution in [0, 0.1) is 0 Å². The zero-order valence-electron chi connectivity index (χ0n) is 9.62. The van der Waals surface area contributed by atoms with E-state index in [9.17, 15) is 22.8 Å². The fraction of sp³-hybridized carbons (Fsp3) is 0.273. The van der Waals surface area contributed by atoms with Gasteiger partial charge in [0.2, 0.25) is 5.78 Å². The molecule has 0 aliphatic carbocycles. The Hall–Kier alpha value is -2.05. The molecule has 18 heavy (non-hydrogen) atoms. The van der Waals surface area contributed by atoms with Gasteiger partial charge in [-0.05, 0) is 12.1 Å². The minimum absolute atomic E-state index is 0.319. The summed E-state index contributed by atoms with van der Waals surface area (Å²) in [6.45, 7) is 0. The molecule has 0 aliphatic heterocycles. The maximum absolute atomic E-state index is 12.4. The van der Waals surface area contributed by atoms with Gasteiger partial charge in [0.05, 0.1) is 11.8 Å². The summed E-state index contributed by atoms with van der Waals surface area (Å²) in [6, 6.07) is 2.54. The van der Waals surface area contributed by atoms with Crippen LogP contribution in [0.5, 0.6) is 0 Å². The smallest absolute Gasteiger partial charge is 0.455 e. The molecule has 4 nitrogen and oxygen atoms in total. The normalized spacial score (nSPS) is 12.4. The number of hydrogen-bond acceptors (Lipinski definition) is 4. The first kappa shape index (κ1) is 14.0. The van der Waals surface area contributed by atoms with E-state index < -0.39 is 23.3 Å². The third-order valence-electron chi connectivity index (χ3n) is 1.88. The number of Topliss-reactive ketones (excluding diaryl/α,β-unsaturated/α-hetero) is 2. The van der Waals surface area contributed by atoms with Crippen LogP contribution in [0.4, 0.5) is 13.2 Å². The monoisotopic (exact) mass is 261 g/mol. The molecule has 0 bridgehead atoms. The topological polar surface area (TPSA) is 50.5 Å². The van der Waals surface area contributed by atoms with E-state index in [1.165, 1.54) is 31.1 Å². The van der Waals surface area contributed by atoms with Gasteiger partial charge in [0.25, 0.3) is 5.78 Å². The molecule has 1 heterocycles.